The maximum absolute atomic E-state index is 11.6. The SMILES string of the molecule is C=CCNC(=O)c1ccc(NCc2ccccc2)nn1. The molecule has 0 saturated heterocycles. The largest absolute Gasteiger partial charge is 0.365 e. The van der Waals surface area contributed by atoms with Gasteiger partial charge in [0, 0.05) is 13.1 Å². The number of hydrogen-bond donors (Lipinski definition) is 2. The van der Waals surface area contributed by atoms with Crippen molar-refractivity contribution in [3.05, 3.63) is 66.4 Å². The van der Waals surface area contributed by atoms with Gasteiger partial charge in [-0.2, -0.15) is 0 Å². The van der Waals surface area contributed by atoms with Crippen LogP contribution in [0.5, 0.6) is 0 Å². The minimum absolute atomic E-state index is 0.257. The van der Waals surface area contributed by atoms with Crippen LogP contribution in [0.2, 0.25) is 0 Å². The molecule has 2 rings (SSSR count). The highest BCUT2D eigenvalue weighted by Gasteiger charge is 2.06. The molecular weight excluding hydrogens is 252 g/mol. The second kappa shape index (κ2) is 7.04. The highest BCUT2D eigenvalue weighted by atomic mass is 16.1. The summed E-state index contributed by atoms with van der Waals surface area (Å²) in [6, 6.07) is 13.4. The molecule has 1 heterocycles. The third-order valence-electron chi connectivity index (χ3n) is 2.62. The molecule has 2 N–H and O–H groups in total. The molecule has 102 valence electrons. The number of nitrogens with one attached hydrogen (secondary N) is 2. The molecule has 0 fully saturated rings. The highest BCUT2D eigenvalue weighted by molar-refractivity contribution is 5.92. The van der Waals surface area contributed by atoms with Gasteiger partial charge in [-0.3, -0.25) is 4.79 Å². The molecule has 0 aliphatic carbocycles. The number of anilines is 1. The van der Waals surface area contributed by atoms with Gasteiger partial charge in [0.15, 0.2) is 5.69 Å². The quantitative estimate of drug-likeness (QED) is 0.786. The topological polar surface area (TPSA) is 66.9 Å². The number of benzene rings is 1. The molecule has 0 radical (unpaired) electrons. The van der Waals surface area contributed by atoms with Crippen LogP contribution in [0.4, 0.5) is 5.82 Å². The monoisotopic (exact) mass is 268 g/mol. The van der Waals surface area contributed by atoms with E-state index >= 15 is 0 Å². The maximum atomic E-state index is 11.6. The summed E-state index contributed by atoms with van der Waals surface area (Å²) < 4.78 is 0. The summed E-state index contributed by atoms with van der Waals surface area (Å²) in [5.74, 6) is 0.376. The van der Waals surface area contributed by atoms with Gasteiger partial charge in [0.1, 0.15) is 5.82 Å². The lowest BCUT2D eigenvalue weighted by Gasteiger charge is -2.05. The molecule has 0 atom stereocenters. The first-order valence-electron chi connectivity index (χ1n) is 6.30. The smallest absolute Gasteiger partial charge is 0.272 e. The molecule has 1 amide bonds. The van der Waals surface area contributed by atoms with Gasteiger partial charge in [-0.15, -0.1) is 16.8 Å². The van der Waals surface area contributed by atoms with Crippen LogP contribution in [0.1, 0.15) is 16.1 Å². The Kier molecular flexibility index (Phi) is 4.83. The lowest BCUT2D eigenvalue weighted by molar-refractivity contribution is 0.0952. The van der Waals surface area contributed by atoms with E-state index < -0.39 is 0 Å². The van der Waals surface area contributed by atoms with Crippen molar-refractivity contribution >= 4 is 11.7 Å². The van der Waals surface area contributed by atoms with E-state index in [2.05, 4.69) is 27.4 Å². The van der Waals surface area contributed by atoms with Crippen molar-refractivity contribution in [2.24, 2.45) is 0 Å². The standard InChI is InChI=1S/C15H16N4O/c1-2-10-16-15(20)13-8-9-14(19-18-13)17-11-12-6-4-3-5-7-12/h2-9H,1,10-11H2,(H,16,20)(H,17,19). The molecule has 5 nitrogen and oxygen atoms in total. The van der Waals surface area contributed by atoms with E-state index in [-0.39, 0.29) is 11.6 Å². The van der Waals surface area contributed by atoms with Crippen molar-refractivity contribution in [2.45, 2.75) is 6.54 Å². The average Bonchev–Trinajstić information content (AvgIpc) is 2.52. The van der Waals surface area contributed by atoms with Gasteiger partial charge < -0.3 is 10.6 Å². The van der Waals surface area contributed by atoms with Crippen molar-refractivity contribution in [3.8, 4) is 0 Å². The molecule has 1 aromatic carbocycles. The predicted octanol–water partition coefficient (Wildman–Crippen LogP) is 2.00. The van der Waals surface area contributed by atoms with Crippen LogP contribution in [-0.2, 0) is 6.54 Å². The van der Waals surface area contributed by atoms with Crippen molar-refractivity contribution in [1.29, 1.82) is 0 Å². The lowest BCUT2D eigenvalue weighted by atomic mass is 10.2. The van der Waals surface area contributed by atoms with Gasteiger partial charge in [0.2, 0.25) is 0 Å². The molecule has 0 unspecified atom stereocenters. The fourth-order valence-electron chi connectivity index (χ4n) is 1.59. The van der Waals surface area contributed by atoms with E-state index in [1.165, 1.54) is 0 Å². The van der Waals surface area contributed by atoms with E-state index in [1.807, 2.05) is 30.3 Å². The van der Waals surface area contributed by atoms with E-state index in [0.717, 1.165) is 5.56 Å². The Morgan fingerprint density at radius 1 is 1.15 bits per heavy atom. The number of aromatic nitrogens is 2. The number of nitrogens with zero attached hydrogens (tertiary/aromatic N) is 2. The fraction of sp³-hybridized carbons (Fsp3) is 0.133. The molecule has 0 saturated carbocycles. The Balaban J connectivity index is 1.91. The number of carbonyl (C=O) groups is 1. The summed E-state index contributed by atoms with van der Waals surface area (Å²) in [4.78, 5) is 11.6. The molecule has 0 spiro atoms. The molecule has 0 aliphatic heterocycles. The van der Waals surface area contributed by atoms with Gasteiger partial charge in [0.25, 0.3) is 5.91 Å². The molecule has 1 aromatic heterocycles. The van der Waals surface area contributed by atoms with Crippen LogP contribution in [0.25, 0.3) is 0 Å². The minimum atomic E-state index is -0.257. The van der Waals surface area contributed by atoms with Gasteiger partial charge >= 0.3 is 0 Å². The average molecular weight is 268 g/mol. The first-order chi connectivity index (χ1) is 9.79. The highest BCUT2D eigenvalue weighted by Crippen LogP contribution is 2.05. The first-order valence-corrected chi connectivity index (χ1v) is 6.30. The summed E-state index contributed by atoms with van der Waals surface area (Å²) in [5.41, 5.74) is 1.44. The molecule has 5 heteroatoms. The van der Waals surface area contributed by atoms with E-state index in [0.29, 0.717) is 18.9 Å². The van der Waals surface area contributed by atoms with Gasteiger partial charge in [-0.05, 0) is 17.7 Å². The predicted molar refractivity (Wildman–Crippen MR) is 78.3 cm³/mol. The zero-order valence-electron chi connectivity index (χ0n) is 11.0. The first kappa shape index (κ1) is 13.7. The van der Waals surface area contributed by atoms with Crippen molar-refractivity contribution in [2.75, 3.05) is 11.9 Å². The fourth-order valence-corrected chi connectivity index (χ4v) is 1.59. The second-order valence-corrected chi connectivity index (χ2v) is 4.14. The molecule has 0 bridgehead atoms. The van der Waals surface area contributed by atoms with Gasteiger partial charge in [0.05, 0.1) is 0 Å². The summed E-state index contributed by atoms with van der Waals surface area (Å²) >= 11 is 0. The third-order valence-corrected chi connectivity index (χ3v) is 2.62. The second-order valence-electron chi connectivity index (χ2n) is 4.14. The zero-order valence-corrected chi connectivity index (χ0v) is 11.0. The third kappa shape index (κ3) is 3.91. The summed E-state index contributed by atoms with van der Waals surface area (Å²) in [6.07, 6.45) is 1.61. The molecule has 0 aliphatic rings. The van der Waals surface area contributed by atoms with Crippen LogP contribution in [0, 0.1) is 0 Å². The number of carbonyl (C=O) groups excluding carboxylic acids is 1. The van der Waals surface area contributed by atoms with Gasteiger partial charge in [-0.25, -0.2) is 0 Å². The van der Waals surface area contributed by atoms with Crippen LogP contribution >= 0.6 is 0 Å². The van der Waals surface area contributed by atoms with Crippen molar-refractivity contribution < 1.29 is 4.79 Å². The van der Waals surface area contributed by atoms with Crippen molar-refractivity contribution in [3.63, 3.8) is 0 Å². The summed E-state index contributed by atoms with van der Waals surface area (Å²) in [7, 11) is 0. The molecule has 20 heavy (non-hydrogen) atoms. The number of amides is 1. The maximum Gasteiger partial charge on any atom is 0.272 e. The molecular formula is C15H16N4O. The number of rotatable bonds is 6. The Hall–Kier alpha value is -2.69. The lowest BCUT2D eigenvalue weighted by Crippen LogP contribution is -2.24. The Bertz CT molecular complexity index is 566. The van der Waals surface area contributed by atoms with Crippen LogP contribution in [-0.4, -0.2) is 22.6 Å². The number of hydrogen-bond acceptors (Lipinski definition) is 4. The van der Waals surface area contributed by atoms with Crippen molar-refractivity contribution in [1.82, 2.24) is 15.5 Å². The Morgan fingerprint density at radius 2 is 1.95 bits per heavy atom. The van der Waals surface area contributed by atoms with Crippen LogP contribution in [0.15, 0.2) is 55.1 Å². The van der Waals surface area contributed by atoms with Crippen LogP contribution in [0.3, 0.4) is 0 Å². The molecule has 2 aromatic rings. The minimum Gasteiger partial charge on any atom is -0.365 e. The Morgan fingerprint density at radius 3 is 2.60 bits per heavy atom. The van der Waals surface area contributed by atoms with E-state index in [9.17, 15) is 4.79 Å². The summed E-state index contributed by atoms with van der Waals surface area (Å²) in [5, 5.41) is 13.7. The zero-order chi connectivity index (χ0) is 14.2. The van der Waals surface area contributed by atoms with Gasteiger partial charge in [-0.1, -0.05) is 36.4 Å². The van der Waals surface area contributed by atoms with Crippen LogP contribution < -0.4 is 10.6 Å². The normalized spacial score (nSPS) is 9.80. The summed E-state index contributed by atoms with van der Waals surface area (Å²) in [6.45, 7) is 4.61. The van der Waals surface area contributed by atoms with E-state index in [4.69, 9.17) is 0 Å². The Labute approximate surface area is 117 Å². The van der Waals surface area contributed by atoms with E-state index in [1.54, 1.807) is 18.2 Å².